The Morgan fingerprint density at radius 1 is 1.24 bits per heavy atom. The Balaban J connectivity index is 0.000000557. The van der Waals surface area contributed by atoms with Gasteiger partial charge in [0, 0.05) is 0 Å². The molecule has 0 fully saturated rings. The van der Waals surface area contributed by atoms with E-state index in [-0.39, 0.29) is 26.0 Å². The third-order valence-electron chi connectivity index (χ3n) is 1.98. The molecule has 0 saturated carbocycles. The molecule has 0 aliphatic rings. The van der Waals surface area contributed by atoms with Crippen molar-refractivity contribution in [3.63, 3.8) is 0 Å². The second-order valence-electron chi connectivity index (χ2n) is 4.78. The van der Waals surface area contributed by atoms with E-state index in [0.717, 1.165) is 6.42 Å². The smallest absolute Gasteiger partial charge is 0.314 e. The first-order valence-corrected chi connectivity index (χ1v) is 9.70. The molecule has 0 N–H and O–H groups in total. The van der Waals surface area contributed by atoms with Crippen molar-refractivity contribution in [2.45, 2.75) is 37.6 Å². The Hall–Kier alpha value is -0.778. The van der Waals surface area contributed by atoms with Crippen molar-refractivity contribution in [1.29, 1.82) is 0 Å². The summed E-state index contributed by atoms with van der Waals surface area (Å²) in [6, 6.07) is 9.14. The summed E-state index contributed by atoms with van der Waals surface area (Å²) in [6.07, 6.45) is 0.811. The number of benzene rings is 1. The van der Waals surface area contributed by atoms with Crippen LogP contribution in [0.3, 0.4) is 0 Å². The summed E-state index contributed by atoms with van der Waals surface area (Å²) in [5.41, 5.74) is 0. The summed E-state index contributed by atoms with van der Waals surface area (Å²) in [6.45, 7) is 3.84. The number of esters is 1. The van der Waals surface area contributed by atoms with Crippen LogP contribution in [-0.4, -0.2) is 20.1 Å². The van der Waals surface area contributed by atoms with Crippen LogP contribution in [0.5, 0.6) is 5.75 Å². The average Bonchev–Trinajstić information content (AvgIpc) is 2.28. The second-order valence-corrected chi connectivity index (χ2v) is 8.24. The molecule has 0 bridgehead atoms. The molecule has 1 aromatic rings. The molecule has 0 aromatic heterocycles. The molecule has 17 heavy (non-hydrogen) atoms. The van der Waals surface area contributed by atoms with Crippen LogP contribution in [0.4, 0.5) is 0 Å². The maximum atomic E-state index is 11.3. The number of hydrogen-bond acceptors (Lipinski definition) is 2. The lowest BCUT2D eigenvalue weighted by Gasteiger charge is -2.07. The van der Waals surface area contributed by atoms with Crippen molar-refractivity contribution < 1.29 is 9.53 Å². The van der Waals surface area contributed by atoms with E-state index in [1.807, 2.05) is 32.0 Å². The molecule has 0 saturated heterocycles. The SMILES string of the molecule is CCC(C)C(=O)Oc1ccccc1.[CH3][Al]([CH3])[CH3]. The van der Waals surface area contributed by atoms with E-state index < -0.39 is 0 Å². The van der Waals surface area contributed by atoms with Crippen LogP contribution >= 0.6 is 0 Å². The van der Waals surface area contributed by atoms with Gasteiger partial charge in [0.05, 0.1) is 5.92 Å². The maximum absolute atomic E-state index is 11.3. The van der Waals surface area contributed by atoms with Crippen LogP contribution in [0.15, 0.2) is 30.3 Å². The third kappa shape index (κ3) is 8.97. The lowest BCUT2D eigenvalue weighted by molar-refractivity contribution is -0.138. The average molecular weight is 250 g/mol. The molecule has 0 amide bonds. The van der Waals surface area contributed by atoms with Gasteiger partial charge in [0.25, 0.3) is 14.1 Å². The van der Waals surface area contributed by atoms with Crippen molar-refractivity contribution in [3.8, 4) is 5.75 Å². The first-order valence-electron chi connectivity index (χ1n) is 6.24. The molecule has 2 nitrogen and oxygen atoms in total. The van der Waals surface area contributed by atoms with E-state index in [1.165, 1.54) is 0 Å². The maximum Gasteiger partial charge on any atom is 0.314 e. The van der Waals surface area contributed by atoms with Gasteiger partial charge in [0.2, 0.25) is 0 Å². The number of carbonyl (C=O) groups excluding carboxylic acids is 1. The van der Waals surface area contributed by atoms with E-state index in [1.54, 1.807) is 12.1 Å². The summed E-state index contributed by atoms with van der Waals surface area (Å²) in [5, 5.41) is 0. The summed E-state index contributed by atoms with van der Waals surface area (Å²) < 4.78 is 5.13. The Kier molecular flexibility index (Phi) is 8.85. The molecular formula is C14H23AlO2. The van der Waals surface area contributed by atoms with Crippen LogP contribution in [0.1, 0.15) is 20.3 Å². The van der Waals surface area contributed by atoms with Crippen molar-refractivity contribution >= 4 is 20.1 Å². The lowest BCUT2D eigenvalue weighted by atomic mass is 10.1. The highest BCUT2D eigenvalue weighted by Gasteiger charge is 2.12. The van der Waals surface area contributed by atoms with E-state index in [0.29, 0.717) is 5.75 Å². The summed E-state index contributed by atoms with van der Waals surface area (Å²) >= 11 is -0.139. The number of rotatable bonds is 3. The Morgan fingerprint density at radius 2 is 1.71 bits per heavy atom. The lowest BCUT2D eigenvalue weighted by Crippen LogP contribution is -2.16. The molecule has 3 heteroatoms. The van der Waals surface area contributed by atoms with Crippen molar-refractivity contribution in [2.75, 3.05) is 0 Å². The van der Waals surface area contributed by atoms with Gasteiger partial charge in [-0.05, 0) is 18.6 Å². The molecule has 94 valence electrons. The topological polar surface area (TPSA) is 26.3 Å². The summed E-state index contributed by atoms with van der Waals surface area (Å²) in [4.78, 5) is 11.3. The van der Waals surface area contributed by atoms with E-state index >= 15 is 0 Å². The van der Waals surface area contributed by atoms with Crippen LogP contribution in [-0.2, 0) is 4.79 Å². The zero-order chi connectivity index (χ0) is 13.3. The third-order valence-corrected chi connectivity index (χ3v) is 1.98. The number of para-hydroxylation sites is 1. The minimum Gasteiger partial charge on any atom is -0.426 e. The van der Waals surface area contributed by atoms with Crippen LogP contribution in [0.2, 0.25) is 17.4 Å². The fraction of sp³-hybridized carbons (Fsp3) is 0.500. The minimum absolute atomic E-state index is 0.0276. The molecular weight excluding hydrogens is 227 g/mol. The summed E-state index contributed by atoms with van der Waals surface area (Å²) in [7, 11) is 0. The highest BCUT2D eigenvalue weighted by molar-refractivity contribution is 6.54. The van der Waals surface area contributed by atoms with Gasteiger partial charge in [0.1, 0.15) is 5.75 Å². The predicted octanol–water partition coefficient (Wildman–Crippen LogP) is 4.01. The standard InChI is InChI=1S/C11H14O2.3CH3.Al/c1-3-9(2)11(12)13-10-7-5-4-6-8-10;;;;/h4-9H,3H2,1-2H3;3*1H3;. The highest BCUT2D eigenvalue weighted by atomic mass is 27.2. The van der Waals surface area contributed by atoms with Gasteiger partial charge in [-0.3, -0.25) is 4.79 Å². The number of hydrogen-bond donors (Lipinski definition) is 0. The molecule has 1 unspecified atom stereocenters. The number of ether oxygens (including phenoxy) is 1. The zero-order valence-electron chi connectivity index (χ0n) is 11.6. The van der Waals surface area contributed by atoms with Crippen LogP contribution in [0.25, 0.3) is 0 Å². The van der Waals surface area contributed by atoms with Gasteiger partial charge in [0.15, 0.2) is 0 Å². The fourth-order valence-corrected chi connectivity index (χ4v) is 0.872. The van der Waals surface area contributed by atoms with Gasteiger partial charge in [-0.25, -0.2) is 0 Å². The summed E-state index contributed by atoms with van der Waals surface area (Å²) in [5.74, 6) is 7.35. The van der Waals surface area contributed by atoms with Crippen molar-refractivity contribution in [1.82, 2.24) is 0 Å². The zero-order valence-corrected chi connectivity index (χ0v) is 12.7. The molecule has 1 rings (SSSR count). The normalized spacial score (nSPS) is 10.9. The Bertz CT molecular complexity index is 307. The van der Waals surface area contributed by atoms with Gasteiger partial charge >= 0.3 is 5.97 Å². The van der Waals surface area contributed by atoms with Crippen molar-refractivity contribution in [3.05, 3.63) is 30.3 Å². The molecule has 1 atom stereocenters. The molecule has 0 spiro atoms. The predicted molar refractivity (Wildman–Crippen MR) is 74.9 cm³/mol. The van der Waals surface area contributed by atoms with Crippen LogP contribution < -0.4 is 4.74 Å². The van der Waals surface area contributed by atoms with E-state index in [9.17, 15) is 4.79 Å². The minimum atomic E-state index is -0.159. The Labute approximate surface area is 109 Å². The largest absolute Gasteiger partial charge is 0.426 e. The van der Waals surface area contributed by atoms with Gasteiger partial charge in [-0.2, -0.15) is 0 Å². The first kappa shape index (κ1) is 16.2. The fourth-order valence-electron chi connectivity index (χ4n) is 0.872. The monoisotopic (exact) mass is 250 g/mol. The molecule has 1 aromatic carbocycles. The molecule has 0 heterocycles. The quantitative estimate of drug-likeness (QED) is 0.460. The van der Waals surface area contributed by atoms with E-state index in [4.69, 9.17) is 4.74 Å². The van der Waals surface area contributed by atoms with Crippen LogP contribution in [0, 0.1) is 5.92 Å². The van der Waals surface area contributed by atoms with E-state index in [2.05, 4.69) is 17.4 Å². The Morgan fingerprint density at radius 3 is 2.12 bits per heavy atom. The van der Waals surface area contributed by atoms with Crippen molar-refractivity contribution in [2.24, 2.45) is 5.92 Å². The molecule has 0 radical (unpaired) electrons. The number of carbonyl (C=O) groups is 1. The molecule has 0 aliphatic carbocycles. The van der Waals surface area contributed by atoms with Gasteiger partial charge in [-0.1, -0.05) is 32.0 Å². The van der Waals surface area contributed by atoms with Gasteiger partial charge in [-0.15, -0.1) is 17.4 Å². The van der Waals surface area contributed by atoms with Gasteiger partial charge < -0.3 is 4.74 Å². The first-order chi connectivity index (χ1) is 7.97. The highest BCUT2D eigenvalue weighted by Crippen LogP contribution is 2.12. The molecule has 0 aliphatic heterocycles. The second kappa shape index (κ2) is 9.27.